The van der Waals surface area contributed by atoms with Gasteiger partial charge in [-0.3, -0.25) is 0 Å². The first-order valence-corrected chi connectivity index (χ1v) is 7.45. The predicted molar refractivity (Wildman–Crippen MR) is 92.1 cm³/mol. The minimum Gasteiger partial charge on any atom is -0.235 e. The summed E-state index contributed by atoms with van der Waals surface area (Å²) in [7, 11) is 0. The van der Waals surface area contributed by atoms with E-state index in [1.165, 1.54) is 0 Å². The highest BCUT2D eigenvalue weighted by molar-refractivity contribution is 6.42. The molecule has 1 heterocycles. The minimum atomic E-state index is 0.438. The second-order valence-electron chi connectivity index (χ2n) is 4.57. The summed E-state index contributed by atoms with van der Waals surface area (Å²) in [6.45, 7) is 0. The van der Waals surface area contributed by atoms with Crippen LogP contribution in [0.3, 0.4) is 0 Å². The zero-order chi connectivity index (χ0) is 14.8. The van der Waals surface area contributed by atoms with Gasteiger partial charge in [0.1, 0.15) is 5.15 Å². The fourth-order valence-electron chi connectivity index (χ4n) is 2.03. The van der Waals surface area contributed by atoms with E-state index in [0.717, 1.165) is 22.0 Å². The first kappa shape index (κ1) is 14.4. The van der Waals surface area contributed by atoms with Gasteiger partial charge >= 0.3 is 0 Å². The lowest BCUT2D eigenvalue weighted by Gasteiger charge is -2.04. The number of aromatic nitrogens is 1. The summed E-state index contributed by atoms with van der Waals surface area (Å²) in [6.07, 6.45) is 3.93. The molecular weight excluding hydrogens is 325 g/mol. The van der Waals surface area contributed by atoms with Crippen molar-refractivity contribution in [1.29, 1.82) is 0 Å². The highest BCUT2D eigenvalue weighted by Gasteiger charge is 2.06. The van der Waals surface area contributed by atoms with Crippen LogP contribution in [-0.2, 0) is 0 Å². The van der Waals surface area contributed by atoms with Gasteiger partial charge in [0.15, 0.2) is 0 Å². The van der Waals surface area contributed by atoms with E-state index in [0.29, 0.717) is 15.2 Å². The van der Waals surface area contributed by atoms with Crippen molar-refractivity contribution < 1.29 is 0 Å². The molecule has 1 aromatic heterocycles. The van der Waals surface area contributed by atoms with Crippen molar-refractivity contribution in [3.8, 4) is 0 Å². The maximum Gasteiger partial charge on any atom is 0.136 e. The van der Waals surface area contributed by atoms with Crippen LogP contribution in [0.15, 0.2) is 48.5 Å². The van der Waals surface area contributed by atoms with Crippen molar-refractivity contribution in [1.82, 2.24) is 4.98 Å². The van der Waals surface area contributed by atoms with Crippen LogP contribution < -0.4 is 0 Å². The Balaban J connectivity index is 2.05. The largest absolute Gasteiger partial charge is 0.235 e. The lowest BCUT2D eigenvalue weighted by atomic mass is 10.1. The molecular formula is C17H10Cl3N. The van der Waals surface area contributed by atoms with E-state index >= 15 is 0 Å². The van der Waals surface area contributed by atoms with Crippen LogP contribution in [-0.4, -0.2) is 4.98 Å². The quantitative estimate of drug-likeness (QED) is 0.496. The molecule has 0 spiro atoms. The maximum atomic E-state index is 6.22. The maximum absolute atomic E-state index is 6.22. The van der Waals surface area contributed by atoms with Crippen LogP contribution in [0.1, 0.15) is 11.1 Å². The molecule has 0 saturated heterocycles. The Morgan fingerprint density at radius 2 is 1.52 bits per heavy atom. The van der Waals surface area contributed by atoms with Gasteiger partial charge in [-0.25, -0.2) is 4.98 Å². The third kappa shape index (κ3) is 3.21. The predicted octanol–water partition coefficient (Wildman–Crippen LogP) is 6.37. The minimum absolute atomic E-state index is 0.438. The van der Waals surface area contributed by atoms with Crippen LogP contribution in [0.25, 0.3) is 23.1 Å². The highest BCUT2D eigenvalue weighted by atomic mass is 35.5. The monoisotopic (exact) mass is 333 g/mol. The fourth-order valence-corrected chi connectivity index (χ4v) is 2.57. The van der Waals surface area contributed by atoms with E-state index in [1.807, 2.05) is 48.6 Å². The van der Waals surface area contributed by atoms with E-state index in [4.69, 9.17) is 34.8 Å². The zero-order valence-electron chi connectivity index (χ0n) is 10.9. The smallest absolute Gasteiger partial charge is 0.136 e. The molecule has 0 aliphatic heterocycles. The molecule has 0 aliphatic carbocycles. The van der Waals surface area contributed by atoms with Crippen molar-refractivity contribution in [2.75, 3.05) is 0 Å². The van der Waals surface area contributed by atoms with Crippen LogP contribution in [0, 0.1) is 0 Å². The van der Waals surface area contributed by atoms with Crippen molar-refractivity contribution >= 4 is 57.9 Å². The number of fused-ring (bicyclic) bond motifs is 1. The summed E-state index contributed by atoms with van der Waals surface area (Å²) >= 11 is 18.3. The van der Waals surface area contributed by atoms with Crippen LogP contribution >= 0.6 is 34.8 Å². The third-order valence-electron chi connectivity index (χ3n) is 3.09. The molecule has 3 rings (SSSR count). The lowest BCUT2D eigenvalue weighted by Crippen LogP contribution is -1.85. The van der Waals surface area contributed by atoms with E-state index in [2.05, 4.69) is 4.98 Å². The summed E-state index contributed by atoms with van der Waals surface area (Å²) < 4.78 is 0. The molecule has 2 aromatic carbocycles. The number of hydrogen-bond donors (Lipinski definition) is 0. The van der Waals surface area contributed by atoms with Crippen LogP contribution in [0.5, 0.6) is 0 Å². The second kappa shape index (κ2) is 6.07. The van der Waals surface area contributed by atoms with Crippen LogP contribution in [0.4, 0.5) is 0 Å². The van der Waals surface area contributed by atoms with Gasteiger partial charge in [0, 0.05) is 10.9 Å². The number of nitrogens with zero attached hydrogens (tertiary/aromatic N) is 1. The van der Waals surface area contributed by atoms with Crippen molar-refractivity contribution in [2.45, 2.75) is 0 Å². The van der Waals surface area contributed by atoms with Gasteiger partial charge in [-0.15, -0.1) is 0 Å². The molecule has 0 unspecified atom stereocenters. The summed E-state index contributed by atoms with van der Waals surface area (Å²) in [5, 5.41) is 2.32. The van der Waals surface area contributed by atoms with Gasteiger partial charge < -0.3 is 0 Å². The first-order valence-electron chi connectivity index (χ1n) is 6.32. The topological polar surface area (TPSA) is 12.9 Å². The second-order valence-corrected chi connectivity index (χ2v) is 5.74. The summed E-state index contributed by atoms with van der Waals surface area (Å²) in [5.74, 6) is 0. The molecule has 4 heteroatoms. The molecule has 0 amide bonds. The molecule has 0 atom stereocenters. The molecule has 0 bridgehead atoms. The van der Waals surface area contributed by atoms with E-state index in [-0.39, 0.29) is 0 Å². The molecule has 0 fully saturated rings. The summed E-state index contributed by atoms with van der Waals surface area (Å²) in [4.78, 5) is 4.36. The van der Waals surface area contributed by atoms with Gasteiger partial charge in [0.25, 0.3) is 0 Å². The molecule has 0 radical (unpaired) electrons. The van der Waals surface area contributed by atoms with E-state index < -0.39 is 0 Å². The Morgan fingerprint density at radius 1 is 0.810 bits per heavy atom. The first-order chi connectivity index (χ1) is 10.1. The number of rotatable bonds is 2. The number of hydrogen-bond acceptors (Lipinski definition) is 1. The van der Waals surface area contributed by atoms with Crippen molar-refractivity contribution in [3.63, 3.8) is 0 Å². The van der Waals surface area contributed by atoms with Gasteiger partial charge in [-0.2, -0.15) is 0 Å². The van der Waals surface area contributed by atoms with E-state index in [1.54, 1.807) is 12.1 Å². The number of pyridine rings is 1. The number of benzene rings is 2. The van der Waals surface area contributed by atoms with Crippen molar-refractivity contribution in [2.24, 2.45) is 0 Å². The molecule has 21 heavy (non-hydrogen) atoms. The normalized spacial score (nSPS) is 11.4. The molecule has 104 valence electrons. The van der Waals surface area contributed by atoms with Gasteiger partial charge in [-0.1, -0.05) is 77.3 Å². The molecule has 0 aliphatic rings. The highest BCUT2D eigenvalue weighted by Crippen LogP contribution is 2.29. The third-order valence-corrected chi connectivity index (χ3v) is 4.12. The zero-order valence-corrected chi connectivity index (χ0v) is 13.1. The van der Waals surface area contributed by atoms with Gasteiger partial charge in [0.05, 0.1) is 15.6 Å². The average molecular weight is 335 g/mol. The Labute approximate surface area is 137 Å². The molecule has 3 aromatic rings. The Morgan fingerprint density at radius 3 is 2.29 bits per heavy atom. The van der Waals surface area contributed by atoms with E-state index in [9.17, 15) is 0 Å². The Hall–Kier alpha value is -1.54. The standard InChI is InChI=1S/C17H10Cl3N/c18-14-9-13-8-12(7-6-11-4-2-1-3-5-11)17(20)21-16(13)10-15(14)19/h1-10H. The number of halogens is 3. The fraction of sp³-hybridized carbons (Fsp3) is 0. The molecule has 1 nitrogen and oxygen atoms in total. The Bertz CT molecular complexity index is 826. The van der Waals surface area contributed by atoms with Crippen molar-refractivity contribution in [3.05, 3.63) is 74.9 Å². The summed E-state index contributed by atoms with van der Waals surface area (Å²) in [5.41, 5.74) is 2.67. The van der Waals surface area contributed by atoms with Gasteiger partial charge in [0.2, 0.25) is 0 Å². The average Bonchev–Trinajstić information content (AvgIpc) is 2.48. The van der Waals surface area contributed by atoms with Crippen LogP contribution in [0.2, 0.25) is 15.2 Å². The molecule has 0 saturated carbocycles. The SMILES string of the molecule is Clc1cc2cc(C=Cc3ccccc3)c(Cl)nc2cc1Cl. The lowest BCUT2D eigenvalue weighted by molar-refractivity contribution is 1.40. The Kier molecular flexibility index (Phi) is 4.16. The summed E-state index contributed by atoms with van der Waals surface area (Å²) in [6, 6.07) is 15.5. The molecule has 0 N–H and O–H groups in total. The van der Waals surface area contributed by atoms with Gasteiger partial charge in [-0.05, 0) is 23.8 Å².